The van der Waals surface area contributed by atoms with Crippen LogP contribution in [0.3, 0.4) is 0 Å². The molecular weight excluding hydrogens is 316 g/mol. The first-order valence-corrected chi connectivity index (χ1v) is 9.07. The van der Waals surface area contributed by atoms with Crippen LogP contribution >= 0.6 is 23.4 Å². The number of benzene rings is 1. The molecule has 1 aliphatic heterocycles. The molecule has 7 heteroatoms. The smallest absolute Gasteiger partial charge is 0.207 e. The molecule has 1 aromatic carbocycles. The fourth-order valence-electron chi connectivity index (χ4n) is 2.14. The van der Waals surface area contributed by atoms with Crippen LogP contribution < -0.4 is 0 Å². The zero-order valence-corrected chi connectivity index (χ0v) is 13.6. The monoisotopic (exact) mass is 330 g/mol. The van der Waals surface area contributed by atoms with E-state index in [-0.39, 0.29) is 21.2 Å². The molecule has 108 valence electrons. The summed E-state index contributed by atoms with van der Waals surface area (Å²) in [5.74, 6) is 0.764. The molecule has 0 radical (unpaired) electrons. The Balaban J connectivity index is 2.47. The van der Waals surface area contributed by atoms with Crippen LogP contribution in [0.15, 0.2) is 23.1 Å². The third-order valence-corrected chi connectivity index (χ3v) is 7.28. The molecule has 2 atom stereocenters. The third kappa shape index (κ3) is 2.82. The van der Waals surface area contributed by atoms with Crippen molar-refractivity contribution in [2.45, 2.75) is 30.0 Å². The van der Waals surface area contributed by atoms with Crippen molar-refractivity contribution in [2.24, 2.45) is 0 Å². The number of sulfonamides is 1. The van der Waals surface area contributed by atoms with E-state index >= 15 is 0 Å². The normalized spacial score (nSPS) is 24.3. The lowest BCUT2D eigenvalue weighted by molar-refractivity contribution is 0.340. The average molecular weight is 331 g/mol. The predicted molar refractivity (Wildman–Crippen MR) is 81.4 cm³/mol. The van der Waals surface area contributed by atoms with Gasteiger partial charge in [0.1, 0.15) is 4.90 Å². The lowest BCUT2D eigenvalue weighted by atomic mass is 10.2. The molecule has 0 amide bonds. The van der Waals surface area contributed by atoms with Crippen molar-refractivity contribution >= 4 is 33.4 Å². The summed E-state index contributed by atoms with van der Waals surface area (Å²) in [7, 11) is -3.67. The molecule has 0 N–H and O–H groups in total. The van der Waals surface area contributed by atoms with Gasteiger partial charge >= 0.3 is 0 Å². The van der Waals surface area contributed by atoms with Gasteiger partial charge in [-0.25, -0.2) is 8.42 Å². The Bertz CT molecular complexity index is 655. The highest BCUT2D eigenvalue weighted by Gasteiger charge is 2.36. The largest absolute Gasteiger partial charge is 0.244 e. The van der Waals surface area contributed by atoms with Gasteiger partial charge in [0.25, 0.3) is 0 Å². The van der Waals surface area contributed by atoms with E-state index in [0.29, 0.717) is 12.1 Å². The number of nitriles is 1. The van der Waals surface area contributed by atoms with Crippen LogP contribution in [0.5, 0.6) is 0 Å². The standard InChI is InChI=1S/C13H15ClN2O2S2/c1-9-10(2)19-6-5-16(9)20(17,18)13-7-11(8-15)3-4-12(13)14/h3-4,7,9-10H,5-6H2,1-2H3. The molecule has 1 saturated heterocycles. The fourth-order valence-corrected chi connectivity index (χ4v) is 5.64. The summed E-state index contributed by atoms with van der Waals surface area (Å²) in [4.78, 5) is 0.0177. The van der Waals surface area contributed by atoms with Crippen molar-refractivity contribution < 1.29 is 8.42 Å². The Hall–Kier alpha value is -0.740. The molecule has 1 aliphatic rings. The maximum atomic E-state index is 12.8. The van der Waals surface area contributed by atoms with Crippen molar-refractivity contribution in [2.75, 3.05) is 12.3 Å². The van der Waals surface area contributed by atoms with Crippen molar-refractivity contribution in [3.8, 4) is 6.07 Å². The molecular formula is C13H15ClN2O2S2. The van der Waals surface area contributed by atoms with Crippen LogP contribution in [-0.2, 0) is 10.0 Å². The minimum atomic E-state index is -3.67. The highest BCUT2D eigenvalue weighted by molar-refractivity contribution is 8.00. The average Bonchev–Trinajstić information content (AvgIpc) is 2.42. The fraction of sp³-hybridized carbons (Fsp3) is 0.462. The van der Waals surface area contributed by atoms with E-state index in [2.05, 4.69) is 0 Å². The van der Waals surface area contributed by atoms with Gasteiger partial charge in [-0.05, 0) is 25.1 Å². The second kappa shape index (κ2) is 5.94. The number of hydrogen-bond donors (Lipinski definition) is 0. The zero-order valence-electron chi connectivity index (χ0n) is 11.2. The predicted octanol–water partition coefficient (Wildman–Crippen LogP) is 2.73. The molecule has 4 nitrogen and oxygen atoms in total. The number of nitrogens with zero attached hydrogens (tertiary/aromatic N) is 2. The minimum Gasteiger partial charge on any atom is -0.207 e. The van der Waals surface area contributed by atoms with Gasteiger partial charge in [-0.2, -0.15) is 21.3 Å². The second-order valence-corrected chi connectivity index (χ2v) is 8.44. The Labute approximate surface area is 128 Å². The van der Waals surface area contributed by atoms with Crippen LogP contribution in [0.1, 0.15) is 19.4 Å². The van der Waals surface area contributed by atoms with Crippen LogP contribution in [0.4, 0.5) is 0 Å². The number of halogens is 1. The summed E-state index contributed by atoms with van der Waals surface area (Å²) in [6.07, 6.45) is 0. The molecule has 1 fully saturated rings. The Morgan fingerprint density at radius 3 is 2.80 bits per heavy atom. The van der Waals surface area contributed by atoms with E-state index < -0.39 is 10.0 Å². The van der Waals surface area contributed by atoms with Crippen molar-refractivity contribution in [1.29, 1.82) is 5.26 Å². The summed E-state index contributed by atoms with van der Waals surface area (Å²) < 4.78 is 27.0. The van der Waals surface area contributed by atoms with Crippen molar-refractivity contribution in [3.63, 3.8) is 0 Å². The molecule has 0 spiro atoms. The lowest BCUT2D eigenvalue weighted by Crippen LogP contribution is -2.47. The molecule has 0 aromatic heterocycles. The van der Waals surface area contributed by atoms with Gasteiger partial charge in [-0.3, -0.25) is 0 Å². The third-order valence-electron chi connectivity index (χ3n) is 3.47. The van der Waals surface area contributed by atoms with Crippen LogP contribution in [-0.4, -0.2) is 36.3 Å². The second-order valence-electron chi connectivity index (χ2n) is 4.69. The minimum absolute atomic E-state index is 0.0177. The highest BCUT2D eigenvalue weighted by Crippen LogP contribution is 2.32. The number of thioether (sulfide) groups is 1. The van der Waals surface area contributed by atoms with Gasteiger partial charge in [0.2, 0.25) is 10.0 Å². The van der Waals surface area contributed by atoms with E-state index in [9.17, 15) is 8.42 Å². The van der Waals surface area contributed by atoms with Crippen LogP contribution in [0.2, 0.25) is 5.02 Å². The molecule has 2 rings (SSSR count). The van der Waals surface area contributed by atoms with E-state index in [4.69, 9.17) is 16.9 Å². The Morgan fingerprint density at radius 2 is 2.15 bits per heavy atom. The summed E-state index contributed by atoms with van der Waals surface area (Å²) >= 11 is 7.78. The Morgan fingerprint density at radius 1 is 1.45 bits per heavy atom. The van der Waals surface area contributed by atoms with Gasteiger partial charge in [0.15, 0.2) is 0 Å². The maximum absolute atomic E-state index is 12.8. The summed E-state index contributed by atoms with van der Waals surface area (Å²) in [6.45, 7) is 4.38. The highest BCUT2D eigenvalue weighted by atomic mass is 35.5. The van der Waals surface area contributed by atoms with Gasteiger partial charge in [0, 0.05) is 23.6 Å². The molecule has 0 aliphatic carbocycles. The number of hydrogen-bond acceptors (Lipinski definition) is 4. The van der Waals surface area contributed by atoms with Gasteiger partial charge < -0.3 is 0 Å². The SMILES string of the molecule is CC1SCCN(S(=O)(=O)c2cc(C#N)ccc2Cl)C1C. The molecule has 2 unspecified atom stereocenters. The van der Waals surface area contributed by atoms with Crippen LogP contribution in [0, 0.1) is 11.3 Å². The maximum Gasteiger partial charge on any atom is 0.244 e. The zero-order chi connectivity index (χ0) is 14.9. The van der Waals surface area contributed by atoms with E-state index in [1.54, 1.807) is 11.8 Å². The molecule has 20 heavy (non-hydrogen) atoms. The first kappa shape index (κ1) is 15.6. The van der Waals surface area contributed by atoms with Gasteiger partial charge in [-0.15, -0.1) is 0 Å². The number of rotatable bonds is 2. The van der Waals surface area contributed by atoms with Gasteiger partial charge in [0.05, 0.1) is 16.7 Å². The van der Waals surface area contributed by atoms with Crippen molar-refractivity contribution in [1.82, 2.24) is 4.31 Å². The topological polar surface area (TPSA) is 61.2 Å². The molecule has 0 saturated carbocycles. The quantitative estimate of drug-likeness (QED) is 0.836. The van der Waals surface area contributed by atoms with Gasteiger partial charge in [-0.1, -0.05) is 18.5 Å². The summed E-state index contributed by atoms with van der Waals surface area (Å²) in [5.41, 5.74) is 0.292. The molecule has 1 heterocycles. The van der Waals surface area contributed by atoms with Crippen molar-refractivity contribution in [3.05, 3.63) is 28.8 Å². The first-order valence-electron chi connectivity index (χ1n) is 6.21. The summed E-state index contributed by atoms with van der Waals surface area (Å²) in [6, 6.07) is 6.16. The Kier molecular flexibility index (Phi) is 4.65. The lowest BCUT2D eigenvalue weighted by Gasteiger charge is -2.36. The summed E-state index contributed by atoms with van der Waals surface area (Å²) in [5, 5.41) is 9.31. The first-order chi connectivity index (χ1) is 9.37. The molecule has 0 bridgehead atoms. The van der Waals surface area contributed by atoms with E-state index in [1.807, 2.05) is 19.9 Å². The molecule has 1 aromatic rings. The van der Waals surface area contributed by atoms with Crippen LogP contribution in [0.25, 0.3) is 0 Å². The van der Waals surface area contributed by atoms with E-state index in [0.717, 1.165) is 5.75 Å². The van der Waals surface area contributed by atoms with E-state index in [1.165, 1.54) is 22.5 Å².